The molecule has 0 unspecified atom stereocenters. The molecule has 0 aromatic heterocycles. The highest BCUT2D eigenvalue weighted by Gasteiger charge is 2.23. The molecule has 0 spiro atoms. The molecule has 114 valence electrons. The van der Waals surface area contributed by atoms with E-state index in [-0.39, 0.29) is 11.8 Å². The molecule has 0 radical (unpaired) electrons. The van der Waals surface area contributed by atoms with Crippen LogP contribution in [0, 0.1) is 0 Å². The summed E-state index contributed by atoms with van der Waals surface area (Å²) in [6.45, 7) is 3.23. The summed E-state index contributed by atoms with van der Waals surface area (Å²) in [7, 11) is 0. The number of carbonyl (C=O) groups excluding carboxylic acids is 2. The van der Waals surface area contributed by atoms with Gasteiger partial charge in [0.05, 0.1) is 0 Å². The van der Waals surface area contributed by atoms with Crippen molar-refractivity contribution in [1.29, 1.82) is 0 Å². The highest BCUT2D eigenvalue weighted by atomic mass is 35.5. The van der Waals surface area contributed by atoms with Gasteiger partial charge < -0.3 is 10.2 Å². The predicted octanol–water partition coefficient (Wildman–Crippen LogP) is 3.12. The van der Waals surface area contributed by atoms with E-state index < -0.39 is 6.04 Å². The molecule has 6 heteroatoms. The van der Waals surface area contributed by atoms with Gasteiger partial charge in [0.15, 0.2) is 0 Å². The van der Waals surface area contributed by atoms with Crippen molar-refractivity contribution in [3.8, 4) is 0 Å². The first-order valence-corrected chi connectivity index (χ1v) is 7.78. The van der Waals surface area contributed by atoms with Crippen molar-refractivity contribution in [2.75, 3.05) is 13.1 Å². The number of nitrogens with one attached hydrogen (secondary N) is 1. The molecule has 1 aliphatic heterocycles. The lowest BCUT2D eigenvalue weighted by Crippen LogP contribution is -2.48. The molecule has 1 saturated heterocycles. The zero-order chi connectivity index (χ0) is 15.4. The maximum Gasteiger partial charge on any atom is 0.252 e. The Hall–Kier alpha value is -1.26. The zero-order valence-electron chi connectivity index (χ0n) is 11.9. The SMILES string of the molecule is C[C@H](NC(=O)c1cc(Cl)cc(Cl)c1)C(=O)N1CCCCC1. The summed E-state index contributed by atoms with van der Waals surface area (Å²) in [5, 5.41) is 3.48. The van der Waals surface area contributed by atoms with Crippen molar-refractivity contribution in [3.05, 3.63) is 33.8 Å². The third kappa shape index (κ3) is 4.35. The molecule has 1 aliphatic rings. The van der Waals surface area contributed by atoms with Crippen LogP contribution in [-0.4, -0.2) is 35.8 Å². The lowest BCUT2D eigenvalue weighted by Gasteiger charge is -2.29. The van der Waals surface area contributed by atoms with Gasteiger partial charge in [0.25, 0.3) is 5.91 Å². The highest BCUT2D eigenvalue weighted by Crippen LogP contribution is 2.19. The van der Waals surface area contributed by atoms with Gasteiger partial charge in [-0.25, -0.2) is 0 Å². The fraction of sp³-hybridized carbons (Fsp3) is 0.467. The van der Waals surface area contributed by atoms with Crippen molar-refractivity contribution in [2.24, 2.45) is 0 Å². The first-order chi connectivity index (χ1) is 9.97. The van der Waals surface area contributed by atoms with E-state index in [1.165, 1.54) is 12.1 Å². The zero-order valence-corrected chi connectivity index (χ0v) is 13.4. The van der Waals surface area contributed by atoms with Crippen LogP contribution in [0.15, 0.2) is 18.2 Å². The second-order valence-electron chi connectivity index (χ2n) is 5.24. The van der Waals surface area contributed by atoms with Gasteiger partial charge in [0.1, 0.15) is 6.04 Å². The van der Waals surface area contributed by atoms with Crippen LogP contribution in [0.3, 0.4) is 0 Å². The number of likely N-dealkylation sites (tertiary alicyclic amines) is 1. The van der Waals surface area contributed by atoms with Crippen LogP contribution in [0.25, 0.3) is 0 Å². The number of hydrogen-bond acceptors (Lipinski definition) is 2. The highest BCUT2D eigenvalue weighted by molar-refractivity contribution is 6.35. The third-order valence-electron chi connectivity index (χ3n) is 3.51. The van der Waals surface area contributed by atoms with E-state index in [4.69, 9.17) is 23.2 Å². The number of piperidine rings is 1. The second-order valence-corrected chi connectivity index (χ2v) is 6.11. The predicted molar refractivity (Wildman–Crippen MR) is 83.8 cm³/mol. The van der Waals surface area contributed by atoms with Gasteiger partial charge in [-0.3, -0.25) is 9.59 Å². The molecular weight excluding hydrogens is 311 g/mol. The number of hydrogen-bond donors (Lipinski definition) is 1. The fourth-order valence-corrected chi connectivity index (χ4v) is 2.94. The van der Waals surface area contributed by atoms with E-state index >= 15 is 0 Å². The van der Waals surface area contributed by atoms with Gasteiger partial charge in [-0.05, 0) is 44.4 Å². The largest absolute Gasteiger partial charge is 0.341 e. The van der Waals surface area contributed by atoms with Gasteiger partial charge >= 0.3 is 0 Å². The molecule has 1 aromatic carbocycles. The summed E-state index contributed by atoms with van der Waals surface area (Å²) in [5.74, 6) is -0.395. The number of nitrogens with zero attached hydrogens (tertiary/aromatic N) is 1. The lowest BCUT2D eigenvalue weighted by atomic mass is 10.1. The average Bonchev–Trinajstić information content (AvgIpc) is 2.46. The van der Waals surface area contributed by atoms with Crippen molar-refractivity contribution in [3.63, 3.8) is 0 Å². The molecule has 0 aliphatic carbocycles. The van der Waals surface area contributed by atoms with Crippen LogP contribution in [-0.2, 0) is 4.79 Å². The molecular formula is C15H18Cl2N2O2. The lowest BCUT2D eigenvalue weighted by molar-refractivity contribution is -0.133. The van der Waals surface area contributed by atoms with Gasteiger partial charge in [-0.1, -0.05) is 23.2 Å². The van der Waals surface area contributed by atoms with Crippen LogP contribution >= 0.6 is 23.2 Å². The maximum absolute atomic E-state index is 12.3. The van der Waals surface area contributed by atoms with Gasteiger partial charge in [0.2, 0.25) is 5.91 Å². The summed E-state index contributed by atoms with van der Waals surface area (Å²) < 4.78 is 0. The number of amides is 2. The van der Waals surface area contributed by atoms with E-state index in [9.17, 15) is 9.59 Å². The van der Waals surface area contributed by atoms with E-state index in [0.717, 1.165) is 32.4 Å². The van der Waals surface area contributed by atoms with Crippen molar-refractivity contribution < 1.29 is 9.59 Å². The van der Waals surface area contributed by atoms with E-state index in [2.05, 4.69) is 5.32 Å². The smallest absolute Gasteiger partial charge is 0.252 e. The first kappa shape index (κ1) is 16.1. The van der Waals surface area contributed by atoms with Crippen molar-refractivity contribution in [1.82, 2.24) is 10.2 Å². The summed E-state index contributed by atoms with van der Waals surface area (Å²) in [5.41, 5.74) is 0.353. The monoisotopic (exact) mass is 328 g/mol. The molecule has 1 N–H and O–H groups in total. The van der Waals surface area contributed by atoms with Crippen LogP contribution in [0.4, 0.5) is 0 Å². The Balaban J connectivity index is 1.99. The Labute approximate surface area is 134 Å². The minimum atomic E-state index is -0.562. The second kappa shape index (κ2) is 7.14. The normalized spacial score (nSPS) is 16.4. The van der Waals surface area contributed by atoms with Gasteiger partial charge in [-0.2, -0.15) is 0 Å². The molecule has 1 aromatic rings. The molecule has 2 rings (SSSR count). The maximum atomic E-state index is 12.3. The van der Waals surface area contributed by atoms with Gasteiger partial charge in [-0.15, -0.1) is 0 Å². The quantitative estimate of drug-likeness (QED) is 0.926. The van der Waals surface area contributed by atoms with E-state index in [1.807, 2.05) is 0 Å². The third-order valence-corrected chi connectivity index (χ3v) is 3.95. The topological polar surface area (TPSA) is 49.4 Å². The molecule has 0 saturated carbocycles. The molecule has 21 heavy (non-hydrogen) atoms. The summed E-state index contributed by atoms with van der Waals surface area (Å²) in [4.78, 5) is 26.2. The summed E-state index contributed by atoms with van der Waals surface area (Å²) >= 11 is 11.8. The summed E-state index contributed by atoms with van der Waals surface area (Å²) in [6.07, 6.45) is 3.21. The Morgan fingerprint density at radius 1 is 1.10 bits per heavy atom. The minimum Gasteiger partial charge on any atom is -0.341 e. The van der Waals surface area contributed by atoms with Crippen molar-refractivity contribution in [2.45, 2.75) is 32.2 Å². The molecule has 1 fully saturated rings. The molecule has 4 nitrogen and oxygen atoms in total. The number of carbonyl (C=O) groups is 2. The van der Waals surface area contributed by atoms with Crippen molar-refractivity contribution >= 4 is 35.0 Å². The molecule has 2 amide bonds. The Morgan fingerprint density at radius 2 is 1.67 bits per heavy atom. The number of benzene rings is 1. The van der Waals surface area contributed by atoms with E-state index in [1.54, 1.807) is 17.9 Å². The van der Waals surface area contributed by atoms with E-state index in [0.29, 0.717) is 15.6 Å². The fourth-order valence-electron chi connectivity index (χ4n) is 2.41. The van der Waals surface area contributed by atoms with Crippen LogP contribution in [0.1, 0.15) is 36.5 Å². The number of halogens is 2. The minimum absolute atomic E-state index is 0.0452. The number of rotatable bonds is 3. The Kier molecular flexibility index (Phi) is 5.48. The molecule has 1 atom stereocenters. The summed E-state index contributed by atoms with van der Waals surface area (Å²) in [6, 6.07) is 4.05. The van der Waals surface area contributed by atoms with Crippen LogP contribution in [0.5, 0.6) is 0 Å². The standard InChI is InChI=1S/C15H18Cl2N2O2/c1-10(15(21)19-5-3-2-4-6-19)18-14(20)11-7-12(16)9-13(17)8-11/h7-10H,2-6H2,1H3,(H,18,20)/t10-/m0/s1. The van der Waals surface area contributed by atoms with Gasteiger partial charge in [0, 0.05) is 28.7 Å². The van der Waals surface area contributed by atoms with Crippen LogP contribution < -0.4 is 5.32 Å². The molecule has 1 heterocycles. The Bertz CT molecular complexity index is 522. The van der Waals surface area contributed by atoms with Crippen LogP contribution in [0.2, 0.25) is 10.0 Å². The average molecular weight is 329 g/mol. The first-order valence-electron chi connectivity index (χ1n) is 7.03. The Morgan fingerprint density at radius 3 is 2.24 bits per heavy atom. The molecule has 0 bridgehead atoms.